The van der Waals surface area contributed by atoms with Crippen LogP contribution < -0.4 is 10.5 Å². The molecule has 0 bridgehead atoms. The lowest BCUT2D eigenvalue weighted by Gasteiger charge is -2.40. The van der Waals surface area contributed by atoms with Crippen molar-refractivity contribution in [3.8, 4) is 0 Å². The molecule has 1 aliphatic rings. The minimum absolute atomic E-state index is 0.0759. The Morgan fingerprint density at radius 1 is 1.19 bits per heavy atom. The molecule has 1 saturated heterocycles. The summed E-state index contributed by atoms with van der Waals surface area (Å²) in [6, 6.07) is 4.40. The van der Waals surface area contributed by atoms with Gasteiger partial charge in [0.1, 0.15) is 18.3 Å². The Kier molecular flexibility index (Phi) is 4.67. The van der Waals surface area contributed by atoms with Gasteiger partial charge in [-0.3, -0.25) is 5.21 Å². The summed E-state index contributed by atoms with van der Waals surface area (Å²) in [5, 5.41) is 51.6. The Morgan fingerprint density at radius 2 is 1.86 bits per heavy atom. The Balaban J connectivity index is 2.14. The maximum absolute atomic E-state index is 10.8. The van der Waals surface area contributed by atoms with Gasteiger partial charge in [-0.25, -0.2) is 0 Å². The third-order valence-electron chi connectivity index (χ3n) is 3.58. The Labute approximate surface area is 121 Å². The average molecular weight is 299 g/mol. The van der Waals surface area contributed by atoms with Gasteiger partial charge in [-0.1, -0.05) is 0 Å². The van der Waals surface area contributed by atoms with E-state index >= 15 is 0 Å². The highest BCUT2D eigenvalue weighted by molar-refractivity contribution is 5.59. The fourth-order valence-electron chi connectivity index (χ4n) is 2.25. The summed E-state index contributed by atoms with van der Waals surface area (Å²) in [6.07, 6.45) is -5.33. The summed E-state index contributed by atoms with van der Waals surface area (Å²) in [5.74, 6) is 0. The summed E-state index contributed by atoms with van der Waals surface area (Å²) < 4.78 is 5.43. The molecule has 2 rings (SSSR count). The maximum atomic E-state index is 10.8. The zero-order valence-electron chi connectivity index (χ0n) is 11.7. The minimum atomic E-state index is -1.32. The highest BCUT2D eigenvalue weighted by Gasteiger charge is 2.41. The van der Waals surface area contributed by atoms with Crippen molar-refractivity contribution in [3.63, 3.8) is 0 Å². The number of ether oxygens (including phenoxy) is 1. The Morgan fingerprint density at radius 3 is 2.43 bits per heavy atom. The van der Waals surface area contributed by atoms with Gasteiger partial charge in [0.05, 0.1) is 11.8 Å². The summed E-state index contributed by atoms with van der Waals surface area (Å²) in [5.41, 5.74) is 1.29. The number of nitrogens with zero attached hydrogens (tertiary/aromatic N) is 1. The van der Waals surface area contributed by atoms with Crippen LogP contribution in [-0.2, 0) is 4.74 Å². The molecule has 0 saturated carbocycles. The van der Waals surface area contributed by atoms with Gasteiger partial charge >= 0.3 is 0 Å². The van der Waals surface area contributed by atoms with Gasteiger partial charge < -0.3 is 35.8 Å². The van der Waals surface area contributed by atoms with Crippen LogP contribution in [0.2, 0.25) is 0 Å². The number of rotatable bonds is 3. The topological polar surface area (TPSA) is 128 Å². The molecule has 8 nitrogen and oxygen atoms in total. The van der Waals surface area contributed by atoms with E-state index < -0.39 is 30.6 Å². The summed E-state index contributed by atoms with van der Waals surface area (Å²) in [6.45, 7) is 3.30. The van der Waals surface area contributed by atoms with Crippen LogP contribution in [0.3, 0.4) is 0 Å². The first-order chi connectivity index (χ1) is 9.81. The fourth-order valence-corrected chi connectivity index (χ4v) is 2.25. The molecular formula is C13H19N2O6-. The second-order valence-electron chi connectivity index (χ2n) is 5.15. The monoisotopic (exact) mass is 299 g/mol. The molecule has 1 aromatic carbocycles. The largest absolute Gasteiger partial charge is 0.733 e. The zero-order chi connectivity index (χ0) is 15.7. The lowest BCUT2D eigenvalue weighted by molar-refractivity contribution is -0.209. The van der Waals surface area contributed by atoms with E-state index in [1.54, 1.807) is 19.9 Å². The lowest BCUT2D eigenvalue weighted by Crippen LogP contribution is -2.58. The quantitative estimate of drug-likeness (QED) is 0.491. The third kappa shape index (κ3) is 3.26. The van der Waals surface area contributed by atoms with Crippen LogP contribution in [0.4, 0.5) is 11.4 Å². The van der Waals surface area contributed by atoms with Gasteiger partial charge in [0, 0.05) is 5.69 Å². The van der Waals surface area contributed by atoms with Gasteiger partial charge in [-0.2, -0.15) is 0 Å². The first kappa shape index (κ1) is 16.0. The number of aliphatic hydroxyl groups is 3. The third-order valence-corrected chi connectivity index (χ3v) is 3.58. The van der Waals surface area contributed by atoms with Crippen LogP contribution in [0.1, 0.15) is 12.5 Å². The van der Waals surface area contributed by atoms with Crippen molar-refractivity contribution in [3.05, 3.63) is 29.0 Å². The van der Waals surface area contributed by atoms with Crippen LogP contribution in [-0.4, -0.2) is 51.2 Å². The lowest BCUT2D eigenvalue weighted by atomic mass is 9.99. The molecule has 5 N–H and O–H groups in total. The number of nitrogens with one attached hydrogen (secondary N) is 1. The summed E-state index contributed by atoms with van der Waals surface area (Å²) in [4.78, 5) is 0. The minimum Gasteiger partial charge on any atom is -0.733 e. The Hall–Kier alpha value is -1.42. The first-order valence-corrected chi connectivity index (χ1v) is 6.54. The molecule has 0 spiro atoms. The van der Waals surface area contributed by atoms with Crippen LogP contribution in [0.15, 0.2) is 18.2 Å². The number of hydrogen-bond acceptors (Lipinski definition) is 8. The standard InChI is InChI=1S/C13H19N2O6/c1-6-5-8(15(19)20)3-4-9(6)14-13-12(18)11(17)10(16)7(2)21-13/h3-5,7,10-14,16-19H,1-2H3/q-1. The molecule has 1 heterocycles. The van der Waals surface area contributed by atoms with Crippen LogP contribution in [0.25, 0.3) is 0 Å². The van der Waals surface area contributed by atoms with E-state index in [1.807, 2.05) is 0 Å². The van der Waals surface area contributed by atoms with Crippen molar-refractivity contribution in [2.45, 2.75) is 44.5 Å². The second kappa shape index (κ2) is 6.14. The molecular weight excluding hydrogens is 280 g/mol. The van der Waals surface area contributed by atoms with E-state index in [1.165, 1.54) is 12.1 Å². The van der Waals surface area contributed by atoms with Gasteiger partial charge in [-0.15, -0.1) is 0 Å². The van der Waals surface area contributed by atoms with E-state index in [9.17, 15) is 20.5 Å². The smallest absolute Gasteiger partial charge is 0.157 e. The van der Waals surface area contributed by atoms with Crippen molar-refractivity contribution >= 4 is 11.4 Å². The van der Waals surface area contributed by atoms with Gasteiger partial charge in [0.25, 0.3) is 0 Å². The molecule has 5 atom stereocenters. The zero-order valence-corrected chi connectivity index (χ0v) is 11.7. The van der Waals surface area contributed by atoms with Crippen molar-refractivity contribution in [1.29, 1.82) is 0 Å². The predicted molar refractivity (Wildman–Crippen MR) is 74.8 cm³/mol. The molecule has 1 fully saturated rings. The van der Waals surface area contributed by atoms with E-state index in [4.69, 9.17) is 9.94 Å². The molecule has 118 valence electrons. The predicted octanol–water partition coefficient (Wildman–Crippen LogP) is -0.0722. The van der Waals surface area contributed by atoms with Gasteiger partial charge in [-0.05, 0) is 37.6 Å². The molecule has 8 heteroatoms. The number of aliphatic hydroxyl groups excluding tert-OH is 3. The van der Waals surface area contributed by atoms with Crippen molar-refractivity contribution < 1.29 is 25.3 Å². The van der Waals surface area contributed by atoms with Gasteiger partial charge in [0.2, 0.25) is 0 Å². The summed E-state index contributed by atoms with van der Waals surface area (Å²) >= 11 is 0. The van der Waals surface area contributed by atoms with Crippen molar-refractivity contribution in [2.24, 2.45) is 0 Å². The summed E-state index contributed by atoms with van der Waals surface area (Å²) in [7, 11) is 0. The molecule has 1 aliphatic heterocycles. The first-order valence-electron chi connectivity index (χ1n) is 6.54. The highest BCUT2D eigenvalue weighted by Crippen LogP contribution is 2.26. The number of anilines is 2. The molecule has 5 unspecified atom stereocenters. The Bertz CT molecular complexity index is 498. The number of hydrogen-bond donors (Lipinski definition) is 5. The van der Waals surface area contributed by atoms with Crippen LogP contribution in [0, 0.1) is 12.1 Å². The van der Waals surface area contributed by atoms with Crippen molar-refractivity contribution in [1.82, 2.24) is 0 Å². The van der Waals surface area contributed by atoms with E-state index in [0.29, 0.717) is 11.3 Å². The molecule has 21 heavy (non-hydrogen) atoms. The second-order valence-corrected chi connectivity index (χ2v) is 5.15. The van der Waals surface area contributed by atoms with Crippen LogP contribution in [0.5, 0.6) is 0 Å². The average Bonchev–Trinajstić information content (AvgIpc) is 2.44. The molecule has 0 aliphatic carbocycles. The molecule has 1 aromatic rings. The molecule has 0 aromatic heterocycles. The molecule has 0 amide bonds. The van der Waals surface area contributed by atoms with Crippen molar-refractivity contribution in [2.75, 3.05) is 10.5 Å². The fraction of sp³-hybridized carbons (Fsp3) is 0.538. The normalized spacial score (nSPS) is 32.8. The van der Waals surface area contributed by atoms with E-state index in [-0.39, 0.29) is 10.9 Å². The number of aryl methyl sites for hydroxylation is 1. The highest BCUT2D eigenvalue weighted by atomic mass is 16.8. The van der Waals surface area contributed by atoms with Crippen LogP contribution >= 0.6 is 0 Å². The maximum Gasteiger partial charge on any atom is 0.157 e. The van der Waals surface area contributed by atoms with Gasteiger partial charge in [0.15, 0.2) is 6.23 Å². The van der Waals surface area contributed by atoms with E-state index in [2.05, 4.69) is 5.32 Å². The SMILES string of the molecule is Cc1cc(N([O-])O)ccc1NC1OC(C)C(O)C(O)C1O. The number of benzene rings is 1. The van der Waals surface area contributed by atoms with E-state index in [0.717, 1.165) is 0 Å². The molecule has 0 radical (unpaired) electrons.